The Morgan fingerprint density at radius 2 is 1.96 bits per heavy atom. The van der Waals surface area contributed by atoms with E-state index in [9.17, 15) is 0 Å². The average molecular weight is 510 g/mol. The van der Waals surface area contributed by atoms with Gasteiger partial charge >= 0.3 is 0 Å². The molecule has 26 heavy (non-hydrogen) atoms. The minimum absolute atomic E-state index is 0. The molecule has 0 fully saturated rings. The summed E-state index contributed by atoms with van der Waals surface area (Å²) in [6.45, 7) is 8.26. The second-order valence-electron chi connectivity index (χ2n) is 5.88. The van der Waals surface area contributed by atoms with Gasteiger partial charge in [0, 0.05) is 35.9 Å². The fraction of sp³-hybridized carbons (Fsp3) is 0.444. The highest BCUT2D eigenvalue weighted by Gasteiger charge is 2.09. The summed E-state index contributed by atoms with van der Waals surface area (Å²) < 4.78 is 1.92. The third-order valence-corrected chi connectivity index (χ3v) is 4.68. The molecule has 0 radical (unpaired) electrons. The van der Waals surface area contributed by atoms with Crippen molar-refractivity contribution < 1.29 is 0 Å². The Hall–Kier alpha value is -0.990. The topological polar surface area (TPSA) is 54.2 Å². The predicted molar refractivity (Wildman–Crippen MR) is 121 cm³/mol. The summed E-state index contributed by atoms with van der Waals surface area (Å²) in [5.74, 6) is 0.771. The van der Waals surface area contributed by atoms with E-state index in [0.29, 0.717) is 16.6 Å². The summed E-state index contributed by atoms with van der Waals surface area (Å²) in [5, 5.41) is 12.3. The van der Waals surface area contributed by atoms with E-state index in [0.717, 1.165) is 36.7 Å². The summed E-state index contributed by atoms with van der Waals surface area (Å²) >= 11 is 12.1. The third-order valence-electron chi connectivity index (χ3n) is 4.09. The number of aliphatic imine (C=N–C) groups is 1. The molecule has 1 aromatic carbocycles. The zero-order valence-electron chi connectivity index (χ0n) is 15.6. The zero-order valence-corrected chi connectivity index (χ0v) is 19.4. The number of guanidine groups is 1. The van der Waals surface area contributed by atoms with E-state index in [4.69, 9.17) is 23.2 Å². The Labute approximate surface area is 182 Å². The van der Waals surface area contributed by atoms with Crippen LogP contribution in [0, 0.1) is 13.8 Å². The first-order valence-electron chi connectivity index (χ1n) is 8.37. The van der Waals surface area contributed by atoms with Crippen LogP contribution in [0.5, 0.6) is 0 Å². The highest BCUT2D eigenvalue weighted by Crippen LogP contribution is 2.21. The Kier molecular flexibility index (Phi) is 9.74. The van der Waals surface area contributed by atoms with E-state index in [1.54, 1.807) is 6.07 Å². The standard InChI is InChI=1S/C18H25Cl2N5.HI/c1-5-21-18(23-11-14-6-7-15(19)10-17(14)20)22-9-8-16-12(2)24-25(4)13(16)3;/h6-7,10H,5,8-9,11H2,1-4H3,(H2,21,22,23);1H. The lowest BCUT2D eigenvalue weighted by atomic mass is 10.1. The summed E-state index contributed by atoms with van der Waals surface area (Å²) in [6.07, 6.45) is 0.900. The van der Waals surface area contributed by atoms with Gasteiger partial charge in [0.2, 0.25) is 0 Å². The van der Waals surface area contributed by atoms with Gasteiger partial charge in [-0.15, -0.1) is 24.0 Å². The lowest BCUT2D eigenvalue weighted by molar-refractivity contribution is 0.729. The number of hydrogen-bond acceptors (Lipinski definition) is 2. The molecule has 1 aromatic heterocycles. The molecule has 0 spiro atoms. The molecule has 0 aliphatic carbocycles. The van der Waals surface area contributed by atoms with Crippen molar-refractivity contribution in [3.63, 3.8) is 0 Å². The van der Waals surface area contributed by atoms with Crippen molar-refractivity contribution >= 4 is 53.1 Å². The number of benzene rings is 1. The Morgan fingerprint density at radius 1 is 1.23 bits per heavy atom. The van der Waals surface area contributed by atoms with Gasteiger partial charge in [-0.1, -0.05) is 29.3 Å². The Bertz CT molecular complexity index is 758. The fourth-order valence-electron chi connectivity index (χ4n) is 2.64. The molecule has 144 valence electrons. The van der Waals surface area contributed by atoms with Gasteiger partial charge < -0.3 is 10.6 Å². The molecule has 0 aliphatic rings. The molecule has 0 atom stereocenters. The number of rotatable bonds is 6. The molecule has 2 rings (SSSR count). The maximum absolute atomic E-state index is 6.21. The van der Waals surface area contributed by atoms with Gasteiger partial charge in [0.1, 0.15) is 0 Å². The molecule has 2 aromatic rings. The van der Waals surface area contributed by atoms with Gasteiger partial charge in [-0.25, -0.2) is 4.99 Å². The molecular formula is C18H26Cl2IN5. The lowest BCUT2D eigenvalue weighted by Crippen LogP contribution is -2.38. The molecule has 1 heterocycles. The second-order valence-corrected chi connectivity index (χ2v) is 6.72. The maximum Gasteiger partial charge on any atom is 0.191 e. The predicted octanol–water partition coefficient (Wildman–Crippen LogP) is 4.26. The SMILES string of the molecule is CCNC(=NCc1ccc(Cl)cc1Cl)NCCc1c(C)nn(C)c1C.I. The minimum Gasteiger partial charge on any atom is -0.357 e. The van der Waals surface area contributed by atoms with Crippen molar-refractivity contribution in [2.24, 2.45) is 12.0 Å². The maximum atomic E-state index is 6.21. The zero-order chi connectivity index (χ0) is 18.4. The van der Waals surface area contributed by atoms with Crippen molar-refractivity contribution in [1.82, 2.24) is 20.4 Å². The number of aromatic nitrogens is 2. The number of nitrogens with one attached hydrogen (secondary N) is 2. The molecule has 0 aliphatic heterocycles. The van der Waals surface area contributed by atoms with Crippen LogP contribution in [0.3, 0.4) is 0 Å². The monoisotopic (exact) mass is 509 g/mol. The van der Waals surface area contributed by atoms with E-state index >= 15 is 0 Å². The molecule has 0 unspecified atom stereocenters. The minimum atomic E-state index is 0. The van der Waals surface area contributed by atoms with Crippen LogP contribution in [0.25, 0.3) is 0 Å². The first-order valence-corrected chi connectivity index (χ1v) is 9.13. The van der Waals surface area contributed by atoms with Gasteiger partial charge in [-0.3, -0.25) is 4.68 Å². The number of hydrogen-bond donors (Lipinski definition) is 2. The van der Waals surface area contributed by atoms with Crippen LogP contribution in [0.15, 0.2) is 23.2 Å². The normalized spacial score (nSPS) is 11.2. The van der Waals surface area contributed by atoms with E-state index < -0.39 is 0 Å². The molecule has 0 saturated heterocycles. The second kappa shape index (κ2) is 11.0. The van der Waals surface area contributed by atoms with Crippen LogP contribution >= 0.6 is 47.2 Å². The van der Waals surface area contributed by atoms with E-state index in [1.807, 2.05) is 37.7 Å². The smallest absolute Gasteiger partial charge is 0.191 e. The molecule has 0 amide bonds. The summed E-state index contributed by atoms with van der Waals surface area (Å²) in [7, 11) is 1.97. The van der Waals surface area contributed by atoms with Gasteiger partial charge in [0.25, 0.3) is 0 Å². The Balaban J connectivity index is 0.00000338. The number of nitrogens with zero attached hydrogens (tertiary/aromatic N) is 3. The van der Waals surface area contributed by atoms with Crippen LogP contribution in [0.1, 0.15) is 29.4 Å². The molecule has 0 bridgehead atoms. The van der Waals surface area contributed by atoms with Crippen molar-refractivity contribution in [1.29, 1.82) is 0 Å². The molecule has 8 heteroatoms. The molecule has 0 saturated carbocycles. The number of aryl methyl sites for hydroxylation is 2. The van der Waals surface area contributed by atoms with Gasteiger partial charge in [-0.05, 0) is 50.5 Å². The van der Waals surface area contributed by atoms with Crippen LogP contribution in [-0.4, -0.2) is 28.8 Å². The van der Waals surface area contributed by atoms with Crippen molar-refractivity contribution in [3.05, 3.63) is 50.8 Å². The van der Waals surface area contributed by atoms with E-state index in [2.05, 4.69) is 27.6 Å². The van der Waals surface area contributed by atoms with Crippen molar-refractivity contribution in [2.45, 2.75) is 33.7 Å². The first kappa shape index (κ1) is 23.0. The largest absolute Gasteiger partial charge is 0.357 e. The third kappa shape index (κ3) is 6.32. The highest BCUT2D eigenvalue weighted by molar-refractivity contribution is 14.0. The highest BCUT2D eigenvalue weighted by atomic mass is 127. The quantitative estimate of drug-likeness (QED) is 0.347. The summed E-state index contributed by atoms with van der Waals surface area (Å²) in [4.78, 5) is 4.60. The Morgan fingerprint density at radius 3 is 2.54 bits per heavy atom. The van der Waals surface area contributed by atoms with Gasteiger partial charge in [0.15, 0.2) is 5.96 Å². The average Bonchev–Trinajstić information content (AvgIpc) is 2.80. The van der Waals surface area contributed by atoms with Crippen LogP contribution in [0.2, 0.25) is 10.0 Å². The fourth-order valence-corrected chi connectivity index (χ4v) is 3.11. The first-order chi connectivity index (χ1) is 11.9. The van der Waals surface area contributed by atoms with E-state index in [-0.39, 0.29) is 24.0 Å². The molecule has 5 nitrogen and oxygen atoms in total. The van der Waals surface area contributed by atoms with Gasteiger partial charge in [0.05, 0.1) is 12.2 Å². The molecular weight excluding hydrogens is 484 g/mol. The number of halogens is 3. The molecule has 2 N–H and O–H groups in total. The van der Waals surface area contributed by atoms with Gasteiger partial charge in [-0.2, -0.15) is 5.10 Å². The van der Waals surface area contributed by atoms with Crippen molar-refractivity contribution in [3.8, 4) is 0 Å². The van der Waals surface area contributed by atoms with Crippen LogP contribution < -0.4 is 10.6 Å². The van der Waals surface area contributed by atoms with Crippen LogP contribution in [0.4, 0.5) is 0 Å². The van der Waals surface area contributed by atoms with Crippen molar-refractivity contribution in [2.75, 3.05) is 13.1 Å². The summed E-state index contributed by atoms with van der Waals surface area (Å²) in [5.41, 5.74) is 4.51. The lowest BCUT2D eigenvalue weighted by Gasteiger charge is -2.12. The summed E-state index contributed by atoms with van der Waals surface area (Å²) in [6, 6.07) is 5.47. The van der Waals surface area contributed by atoms with Crippen LogP contribution in [-0.2, 0) is 20.0 Å². The van der Waals surface area contributed by atoms with E-state index in [1.165, 1.54) is 11.3 Å².